The zero-order valence-corrected chi connectivity index (χ0v) is 15.0. The van der Waals surface area contributed by atoms with Gasteiger partial charge in [-0.05, 0) is 59.6 Å². The summed E-state index contributed by atoms with van der Waals surface area (Å²) in [6.07, 6.45) is 9.61. The maximum atomic E-state index is 5.27. The van der Waals surface area contributed by atoms with Gasteiger partial charge in [0.05, 0.1) is 11.0 Å². The molecule has 2 heterocycles. The molecular weight excluding hydrogens is 366 g/mol. The summed E-state index contributed by atoms with van der Waals surface area (Å²) in [4.78, 5) is 11.2. The normalized spacial score (nSPS) is 14.3. The van der Waals surface area contributed by atoms with E-state index in [1.165, 1.54) is 31.5 Å². The molecule has 1 aromatic carbocycles. The van der Waals surface area contributed by atoms with Gasteiger partial charge in [0, 0.05) is 18.4 Å². The maximum absolute atomic E-state index is 5.27. The lowest BCUT2D eigenvalue weighted by Crippen LogP contribution is -2.18. The van der Waals surface area contributed by atoms with E-state index < -0.39 is 0 Å². The third kappa shape index (κ3) is 4.47. The molecule has 0 atom stereocenters. The van der Waals surface area contributed by atoms with E-state index in [9.17, 15) is 0 Å². The van der Waals surface area contributed by atoms with E-state index in [0.717, 1.165) is 16.7 Å². The van der Waals surface area contributed by atoms with Gasteiger partial charge in [-0.25, -0.2) is 4.98 Å². The minimum Gasteiger partial charge on any atom is -0.358 e. The van der Waals surface area contributed by atoms with Gasteiger partial charge >= 0.3 is 0 Å². The van der Waals surface area contributed by atoms with Crippen LogP contribution in [-0.2, 0) is 6.54 Å². The van der Waals surface area contributed by atoms with E-state index in [2.05, 4.69) is 71.6 Å². The first-order valence-corrected chi connectivity index (χ1v) is 8.82. The number of hydrogen-bond acceptors (Lipinski definition) is 5. The number of nitrogens with zero attached hydrogens (tertiary/aromatic N) is 3. The number of terminal acetylenes is 1. The van der Waals surface area contributed by atoms with E-state index in [-0.39, 0.29) is 0 Å². The third-order valence-corrected chi connectivity index (χ3v) is 4.50. The summed E-state index contributed by atoms with van der Waals surface area (Å²) in [7, 11) is 0. The van der Waals surface area contributed by atoms with E-state index in [0.29, 0.717) is 18.3 Å². The molecular formula is C18H20BrN5. The highest BCUT2D eigenvalue weighted by molar-refractivity contribution is 9.10. The Balaban J connectivity index is 1.64. The molecule has 1 fully saturated rings. The first-order valence-electron chi connectivity index (χ1n) is 8.03. The highest BCUT2D eigenvalue weighted by atomic mass is 79.9. The van der Waals surface area contributed by atoms with Crippen molar-refractivity contribution < 1.29 is 0 Å². The summed E-state index contributed by atoms with van der Waals surface area (Å²) in [6, 6.07) is 8.42. The fourth-order valence-electron chi connectivity index (χ4n) is 2.71. The van der Waals surface area contributed by atoms with Crippen molar-refractivity contribution in [2.75, 3.05) is 30.3 Å². The fraction of sp³-hybridized carbons (Fsp3) is 0.333. The quantitative estimate of drug-likeness (QED) is 0.743. The first-order chi connectivity index (χ1) is 11.7. The maximum Gasteiger partial charge on any atom is 0.229 e. The number of benzene rings is 1. The number of rotatable bonds is 6. The Kier molecular flexibility index (Phi) is 5.68. The molecule has 0 aliphatic carbocycles. The Hall–Kier alpha value is -2.10. The van der Waals surface area contributed by atoms with Crippen LogP contribution in [0.15, 0.2) is 34.9 Å². The molecule has 3 rings (SSSR count). The molecule has 0 bridgehead atoms. The van der Waals surface area contributed by atoms with Crippen LogP contribution in [0.2, 0.25) is 0 Å². The van der Waals surface area contributed by atoms with Crippen molar-refractivity contribution in [1.82, 2.24) is 14.9 Å². The van der Waals surface area contributed by atoms with Crippen LogP contribution in [0.25, 0.3) is 0 Å². The van der Waals surface area contributed by atoms with Crippen molar-refractivity contribution in [2.24, 2.45) is 0 Å². The van der Waals surface area contributed by atoms with Gasteiger partial charge in [0.2, 0.25) is 5.95 Å². The van der Waals surface area contributed by atoms with Gasteiger partial charge in [-0.2, -0.15) is 4.98 Å². The average Bonchev–Trinajstić information content (AvgIpc) is 3.10. The summed E-state index contributed by atoms with van der Waals surface area (Å²) in [6.45, 7) is 3.86. The largest absolute Gasteiger partial charge is 0.358 e. The number of anilines is 3. The van der Waals surface area contributed by atoms with E-state index in [1.54, 1.807) is 6.20 Å². The minimum atomic E-state index is 0.417. The van der Waals surface area contributed by atoms with Crippen molar-refractivity contribution in [3.63, 3.8) is 0 Å². The highest BCUT2D eigenvalue weighted by Gasteiger charge is 2.11. The molecule has 0 unspecified atom stereocenters. The molecule has 0 amide bonds. The SMILES string of the molecule is C#CCNc1nc(Nc2ccc(CN3CCCC3)cc2)ncc1Br. The molecule has 6 heteroatoms. The van der Waals surface area contributed by atoms with Crippen LogP contribution in [0.5, 0.6) is 0 Å². The van der Waals surface area contributed by atoms with Crippen molar-refractivity contribution in [2.45, 2.75) is 19.4 Å². The van der Waals surface area contributed by atoms with E-state index in [1.807, 2.05) is 0 Å². The van der Waals surface area contributed by atoms with E-state index in [4.69, 9.17) is 6.42 Å². The second-order valence-corrected chi connectivity index (χ2v) is 6.61. The van der Waals surface area contributed by atoms with Gasteiger partial charge in [0.25, 0.3) is 0 Å². The van der Waals surface area contributed by atoms with Crippen molar-refractivity contribution >= 4 is 33.4 Å². The first kappa shape index (κ1) is 16.7. The predicted octanol–water partition coefficient (Wildman–Crippen LogP) is 3.62. The van der Waals surface area contributed by atoms with Crippen LogP contribution in [0.1, 0.15) is 18.4 Å². The van der Waals surface area contributed by atoms with Crippen LogP contribution < -0.4 is 10.6 Å². The lowest BCUT2D eigenvalue weighted by Gasteiger charge is -2.15. The number of hydrogen-bond donors (Lipinski definition) is 2. The van der Waals surface area contributed by atoms with Gasteiger partial charge in [0.15, 0.2) is 0 Å². The topological polar surface area (TPSA) is 53.1 Å². The summed E-state index contributed by atoms with van der Waals surface area (Å²) in [5.74, 6) is 3.74. The Morgan fingerprint density at radius 3 is 2.67 bits per heavy atom. The van der Waals surface area contributed by atoms with Gasteiger partial charge in [0.1, 0.15) is 5.82 Å². The number of nitrogens with one attached hydrogen (secondary N) is 2. The van der Waals surface area contributed by atoms with Gasteiger partial charge in [-0.15, -0.1) is 6.42 Å². The molecule has 0 radical (unpaired) electrons. The number of aromatic nitrogens is 2. The standard InChI is InChI=1S/C18H20BrN5/c1-2-9-20-17-16(19)12-21-18(23-17)22-15-7-5-14(6-8-15)13-24-10-3-4-11-24/h1,5-8,12H,3-4,9-11,13H2,(H2,20,21,22,23). The average molecular weight is 386 g/mol. The van der Waals surface area contributed by atoms with Crippen LogP contribution in [-0.4, -0.2) is 34.5 Å². The Morgan fingerprint density at radius 2 is 1.96 bits per heavy atom. The molecule has 0 saturated carbocycles. The van der Waals surface area contributed by atoms with Crippen molar-refractivity contribution in [1.29, 1.82) is 0 Å². The van der Waals surface area contributed by atoms with Crippen LogP contribution in [0.3, 0.4) is 0 Å². The molecule has 1 aliphatic rings. The lowest BCUT2D eigenvalue weighted by atomic mass is 10.2. The molecule has 124 valence electrons. The molecule has 5 nitrogen and oxygen atoms in total. The smallest absolute Gasteiger partial charge is 0.229 e. The van der Waals surface area contributed by atoms with E-state index >= 15 is 0 Å². The summed E-state index contributed by atoms with van der Waals surface area (Å²) < 4.78 is 0.782. The molecule has 2 aromatic rings. The van der Waals surface area contributed by atoms with Crippen LogP contribution in [0.4, 0.5) is 17.5 Å². The zero-order valence-electron chi connectivity index (χ0n) is 13.4. The minimum absolute atomic E-state index is 0.417. The monoisotopic (exact) mass is 385 g/mol. The third-order valence-electron chi connectivity index (χ3n) is 3.92. The molecule has 0 spiro atoms. The molecule has 1 aromatic heterocycles. The van der Waals surface area contributed by atoms with Crippen LogP contribution in [0, 0.1) is 12.3 Å². The second kappa shape index (κ2) is 8.13. The fourth-order valence-corrected chi connectivity index (χ4v) is 3.04. The Labute approximate surface area is 151 Å². The number of likely N-dealkylation sites (tertiary alicyclic amines) is 1. The zero-order chi connectivity index (χ0) is 16.8. The molecule has 1 aliphatic heterocycles. The predicted molar refractivity (Wildman–Crippen MR) is 101 cm³/mol. The van der Waals surface area contributed by atoms with Gasteiger partial charge < -0.3 is 10.6 Å². The van der Waals surface area contributed by atoms with Gasteiger partial charge in [-0.1, -0.05) is 18.1 Å². The van der Waals surface area contributed by atoms with Crippen molar-refractivity contribution in [3.05, 3.63) is 40.5 Å². The molecule has 1 saturated heterocycles. The van der Waals surface area contributed by atoms with Crippen molar-refractivity contribution in [3.8, 4) is 12.3 Å². The second-order valence-electron chi connectivity index (χ2n) is 5.75. The molecule has 24 heavy (non-hydrogen) atoms. The number of halogens is 1. The van der Waals surface area contributed by atoms with Gasteiger partial charge in [-0.3, -0.25) is 4.90 Å². The summed E-state index contributed by atoms with van der Waals surface area (Å²) >= 11 is 3.41. The summed E-state index contributed by atoms with van der Waals surface area (Å²) in [5.41, 5.74) is 2.29. The highest BCUT2D eigenvalue weighted by Crippen LogP contribution is 2.22. The Bertz CT molecular complexity index is 717. The van der Waals surface area contributed by atoms with Crippen LogP contribution >= 0.6 is 15.9 Å². The Morgan fingerprint density at radius 1 is 1.21 bits per heavy atom. The summed E-state index contributed by atoms with van der Waals surface area (Å²) in [5, 5.41) is 6.28. The molecule has 2 N–H and O–H groups in total. The lowest BCUT2D eigenvalue weighted by molar-refractivity contribution is 0.331.